The number of nitrogens with one attached hydrogen (secondary N) is 1. The summed E-state index contributed by atoms with van der Waals surface area (Å²) in [6.07, 6.45) is -0.844. The van der Waals surface area contributed by atoms with E-state index in [0.29, 0.717) is 0 Å². The van der Waals surface area contributed by atoms with Crippen LogP contribution >= 0.6 is 0 Å². The molecule has 0 aliphatic heterocycles. The zero-order chi connectivity index (χ0) is 16.3. The molecule has 0 fully saturated rings. The fourth-order valence-electron chi connectivity index (χ4n) is 2.04. The Balaban J connectivity index is 2.07. The van der Waals surface area contributed by atoms with Crippen LogP contribution in [0.2, 0.25) is 0 Å². The van der Waals surface area contributed by atoms with Crippen molar-refractivity contribution in [3.63, 3.8) is 0 Å². The number of ether oxygens (including phenoxy) is 1. The molecular formula is C17H17F2NO2. The predicted molar refractivity (Wildman–Crippen MR) is 81.0 cm³/mol. The predicted octanol–water partition coefficient (Wildman–Crippen LogP) is 3.99. The number of benzene rings is 2. The van der Waals surface area contributed by atoms with Crippen LogP contribution in [-0.4, -0.2) is 12.0 Å². The second kappa shape index (κ2) is 6.56. The minimum atomic E-state index is -1.01. The van der Waals surface area contributed by atoms with Gasteiger partial charge in [-0.1, -0.05) is 18.2 Å². The van der Waals surface area contributed by atoms with E-state index >= 15 is 0 Å². The largest absolute Gasteiger partial charge is 0.481 e. The zero-order valence-corrected chi connectivity index (χ0v) is 12.6. The van der Waals surface area contributed by atoms with Crippen molar-refractivity contribution in [3.8, 4) is 5.75 Å². The Bertz CT molecular complexity index is 681. The summed E-state index contributed by atoms with van der Waals surface area (Å²) in [4.78, 5) is 12.2. The van der Waals surface area contributed by atoms with Crippen LogP contribution in [0.4, 0.5) is 14.5 Å². The fraction of sp³-hybridized carbons (Fsp3) is 0.235. The van der Waals surface area contributed by atoms with E-state index in [1.54, 1.807) is 6.92 Å². The molecule has 1 amide bonds. The van der Waals surface area contributed by atoms with Crippen molar-refractivity contribution in [1.29, 1.82) is 0 Å². The van der Waals surface area contributed by atoms with E-state index in [1.807, 2.05) is 32.0 Å². The molecule has 0 saturated carbocycles. The Morgan fingerprint density at radius 1 is 1.09 bits per heavy atom. The molecule has 5 heteroatoms. The third kappa shape index (κ3) is 3.61. The van der Waals surface area contributed by atoms with E-state index < -0.39 is 17.7 Å². The maximum Gasteiger partial charge on any atom is 0.265 e. The quantitative estimate of drug-likeness (QED) is 0.927. The number of hydrogen-bond donors (Lipinski definition) is 1. The highest BCUT2D eigenvalue weighted by Crippen LogP contribution is 2.21. The van der Waals surface area contributed by atoms with Gasteiger partial charge in [-0.2, -0.15) is 0 Å². The van der Waals surface area contributed by atoms with Gasteiger partial charge in [0.1, 0.15) is 5.75 Å². The van der Waals surface area contributed by atoms with E-state index in [2.05, 4.69) is 5.32 Å². The number of carbonyl (C=O) groups excluding carboxylic acids is 1. The smallest absolute Gasteiger partial charge is 0.265 e. The number of carbonyl (C=O) groups is 1. The van der Waals surface area contributed by atoms with Gasteiger partial charge in [-0.15, -0.1) is 0 Å². The zero-order valence-electron chi connectivity index (χ0n) is 12.6. The number of halogens is 2. The van der Waals surface area contributed by atoms with Crippen molar-refractivity contribution in [2.24, 2.45) is 0 Å². The summed E-state index contributed by atoms with van der Waals surface area (Å²) in [5, 5.41) is 2.79. The molecule has 2 aromatic carbocycles. The minimum Gasteiger partial charge on any atom is -0.481 e. The van der Waals surface area contributed by atoms with Crippen molar-refractivity contribution in [2.75, 3.05) is 5.32 Å². The number of para-hydroxylation sites is 1. The Morgan fingerprint density at radius 2 is 1.73 bits per heavy atom. The van der Waals surface area contributed by atoms with E-state index in [0.717, 1.165) is 28.9 Å². The molecule has 0 bridgehead atoms. The van der Waals surface area contributed by atoms with Gasteiger partial charge in [0.05, 0.1) is 0 Å². The summed E-state index contributed by atoms with van der Waals surface area (Å²) < 4.78 is 31.3. The van der Waals surface area contributed by atoms with Gasteiger partial charge >= 0.3 is 0 Å². The standard InChI is InChI=1S/C17H17F2NO2/c1-10-5-4-6-11(2)16(10)20-17(21)12(3)22-13-7-8-14(18)15(19)9-13/h4-9,12H,1-3H3,(H,20,21). The van der Waals surface area contributed by atoms with Crippen molar-refractivity contribution >= 4 is 11.6 Å². The summed E-state index contributed by atoms with van der Waals surface area (Å²) in [5.74, 6) is -2.23. The average molecular weight is 305 g/mol. The van der Waals surface area contributed by atoms with Gasteiger partial charge in [0.25, 0.3) is 5.91 Å². The topological polar surface area (TPSA) is 38.3 Å². The lowest BCUT2D eigenvalue weighted by Crippen LogP contribution is -2.30. The fourth-order valence-corrected chi connectivity index (χ4v) is 2.04. The molecule has 0 aliphatic rings. The molecule has 0 heterocycles. The van der Waals surface area contributed by atoms with Crippen LogP contribution in [0.3, 0.4) is 0 Å². The van der Waals surface area contributed by atoms with E-state index in [1.165, 1.54) is 6.07 Å². The lowest BCUT2D eigenvalue weighted by Gasteiger charge is -2.17. The number of anilines is 1. The number of amides is 1. The van der Waals surface area contributed by atoms with Gasteiger partial charge in [0.15, 0.2) is 17.7 Å². The summed E-state index contributed by atoms with van der Waals surface area (Å²) in [5.41, 5.74) is 2.61. The van der Waals surface area contributed by atoms with Gasteiger partial charge in [-0.25, -0.2) is 8.78 Å². The summed E-state index contributed by atoms with van der Waals surface area (Å²) in [7, 11) is 0. The number of hydrogen-bond acceptors (Lipinski definition) is 2. The van der Waals surface area contributed by atoms with E-state index in [4.69, 9.17) is 4.74 Å². The molecule has 2 rings (SSSR count). The lowest BCUT2D eigenvalue weighted by atomic mass is 10.1. The number of rotatable bonds is 4. The summed E-state index contributed by atoms with van der Waals surface area (Å²) in [6.45, 7) is 5.33. The maximum atomic E-state index is 13.1. The molecule has 0 spiro atoms. The molecule has 116 valence electrons. The van der Waals surface area contributed by atoms with E-state index in [-0.39, 0.29) is 11.7 Å². The average Bonchev–Trinajstić information content (AvgIpc) is 2.46. The second-order valence-electron chi connectivity index (χ2n) is 5.09. The Kier molecular flexibility index (Phi) is 4.75. The van der Waals surface area contributed by atoms with Gasteiger partial charge in [-0.3, -0.25) is 4.79 Å². The van der Waals surface area contributed by atoms with Crippen LogP contribution in [0.1, 0.15) is 18.1 Å². The Hall–Kier alpha value is -2.43. The van der Waals surface area contributed by atoms with Crippen molar-refractivity contribution in [2.45, 2.75) is 26.9 Å². The van der Waals surface area contributed by atoms with Crippen LogP contribution < -0.4 is 10.1 Å². The monoisotopic (exact) mass is 305 g/mol. The molecule has 0 radical (unpaired) electrons. The van der Waals surface area contributed by atoms with Crippen LogP contribution in [0.5, 0.6) is 5.75 Å². The molecule has 2 aromatic rings. The first-order valence-electron chi connectivity index (χ1n) is 6.87. The minimum absolute atomic E-state index is 0.100. The van der Waals surface area contributed by atoms with Crippen molar-refractivity contribution in [1.82, 2.24) is 0 Å². The third-order valence-corrected chi connectivity index (χ3v) is 3.30. The maximum absolute atomic E-state index is 13.1. The van der Waals surface area contributed by atoms with Crippen molar-refractivity contribution in [3.05, 3.63) is 59.2 Å². The van der Waals surface area contributed by atoms with Gasteiger partial charge in [-0.05, 0) is 44.0 Å². The molecule has 1 atom stereocenters. The molecule has 0 saturated heterocycles. The first kappa shape index (κ1) is 15.9. The lowest BCUT2D eigenvalue weighted by molar-refractivity contribution is -0.122. The normalized spacial score (nSPS) is 11.9. The van der Waals surface area contributed by atoms with Crippen LogP contribution in [0.15, 0.2) is 36.4 Å². The Labute approximate surface area is 127 Å². The second-order valence-corrected chi connectivity index (χ2v) is 5.09. The van der Waals surface area contributed by atoms with Crippen molar-refractivity contribution < 1.29 is 18.3 Å². The molecular weight excluding hydrogens is 288 g/mol. The molecule has 0 aliphatic carbocycles. The van der Waals surface area contributed by atoms with E-state index in [9.17, 15) is 13.6 Å². The van der Waals surface area contributed by atoms with Crippen LogP contribution in [0, 0.1) is 25.5 Å². The highest BCUT2D eigenvalue weighted by atomic mass is 19.2. The molecule has 1 N–H and O–H groups in total. The first-order valence-corrected chi connectivity index (χ1v) is 6.87. The van der Waals surface area contributed by atoms with Gasteiger partial charge in [0, 0.05) is 11.8 Å². The van der Waals surface area contributed by atoms with Gasteiger partial charge < -0.3 is 10.1 Å². The third-order valence-electron chi connectivity index (χ3n) is 3.30. The Morgan fingerprint density at radius 3 is 2.32 bits per heavy atom. The molecule has 3 nitrogen and oxygen atoms in total. The summed E-state index contributed by atoms with van der Waals surface area (Å²) in [6, 6.07) is 8.84. The molecule has 1 unspecified atom stereocenters. The van der Waals surface area contributed by atoms with Crippen LogP contribution in [0.25, 0.3) is 0 Å². The first-order chi connectivity index (χ1) is 10.4. The highest BCUT2D eigenvalue weighted by molar-refractivity contribution is 5.95. The number of aryl methyl sites for hydroxylation is 2. The molecule has 22 heavy (non-hydrogen) atoms. The summed E-state index contributed by atoms with van der Waals surface area (Å²) >= 11 is 0. The SMILES string of the molecule is Cc1cccc(C)c1NC(=O)C(C)Oc1ccc(F)c(F)c1. The van der Waals surface area contributed by atoms with Crippen LogP contribution in [-0.2, 0) is 4.79 Å². The highest BCUT2D eigenvalue weighted by Gasteiger charge is 2.17. The van der Waals surface area contributed by atoms with Gasteiger partial charge in [0.2, 0.25) is 0 Å². The molecule has 0 aromatic heterocycles.